The summed E-state index contributed by atoms with van der Waals surface area (Å²) in [4.78, 5) is 7.34. The number of halogens is 1. The number of nitrogens with two attached hydrogens (primary N) is 1. The summed E-state index contributed by atoms with van der Waals surface area (Å²) in [6.45, 7) is 2.08. The molecule has 0 spiro atoms. The first-order valence-corrected chi connectivity index (χ1v) is 5.90. The third-order valence-corrected chi connectivity index (χ3v) is 2.97. The lowest BCUT2D eigenvalue weighted by atomic mass is 10.2. The Kier molecular flexibility index (Phi) is 3.54. The molecule has 1 aromatic heterocycles. The van der Waals surface area contributed by atoms with Gasteiger partial charge >= 0.3 is 0 Å². The zero-order chi connectivity index (χ0) is 12.3. The van der Waals surface area contributed by atoms with Gasteiger partial charge in [-0.2, -0.15) is 0 Å². The number of anilines is 2. The number of nitrogens with zero attached hydrogens (tertiary/aromatic N) is 1. The number of nitrogen functional groups attached to an aromatic ring is 1. The van der Waals surface area contributed by atoms with Gasteiger partial charge in [-0.15, -0.1) is 0 Å². The van der Waals surface area contributed by atoms with Crippen LogP contribution in [0.1, 0.15) is 25.2 Å². The minimum absolute atomic E-state index is 0.103. The number of rotatable bonds is 4. The van der Waals surface area contributed by atoms with E-state index in [1.54, 1.807) is 18.5 Å². The highest BCUT2D eigenvalue weighted by Gasteiger charge is 2.13. The van der Waals surface area contributed by atoms with Gasteiger partial charge < -0.3 is 16.0 Å². The third-order valence-electron chi connectivity index (χ3n) is 2.64. The van der Waals surface area contributed by atoms with Crippen LogP contribution >= 0.6 is 11.6 Å². The summed E-state index contributed by atoms with van der Waals surface area (Å²) >= 11 is 5.98. The maximum atomic E-state index is 5.98. The van der Waals surface area contributed by atoms with Crippen molar-refractivity contribution in [2.45, 2.75) is 19.4 Å². The number of aromatic nitrogens is 2. The van der Waals surface area contributed by atoms with Gasteiger partial charge in [-0.05, 0) is 18.6 Å². The van der Waals surface area contributed by atoms with Crippen molar-refractivity contribution in [3.63, 3.8) is 0 Å². The normalized spacial score (nSPS) is 12.4. The first-order valence-electron chi connectivity index (χ1n) is 5.52. The molecule has 0 aliphatic rings. The van der Waals surface area contributed by atoms with E-state index in [1.807, 2.05) is 12.1 Å². The van der Waals surface area contributed by atoms with Gasteiger partial charge in [-0.25, -0.2) is 4.98 Å². The summed E-state index contributed by atoms with van der Waals surface area (Å²) < 4.78 is 0. The number of para-hydroxylation sites is 1. The highest BCUT2D eigenvalue weighted by molar-refractivity contribution is 6.33. The van der Waals surface area contributed by atoms with Crippen molar-refractivity contribution in [1.82, 2.24) is 9.97 Å². The summed E-state index contributed by atoms with van der Waals surface area (Å²) in [6, 6.07) is 5.66. The number of H-pyrrole nitrogens is 1. The average molecular weight is 251 g/mol. The van der Waals surface area contributed by atoms with Crippen LogP contribution in [0.15, 0.2) is 30.6 Å². The molecule has 0 bridgehead atoms. The van der Waals surface area contributed by atoms with Crippen molar-refractivity contribution in [2.75, 3.05) is 11.1 Å². The van der Waals surface area contributed by atoms with Crippen molar-refractivity contribution in [2.24, 2.45) is 0 Å². The SMILES string of the molecule is CCC(Nc1cccc(Cl)c1N)c1ncc[nH]1. The van der Waals surface area contributed by atoms with Crippen LogP contribution in [0, 0.1) is 0 Å². The highest BCUT2D eigenvalue weighted by Crippen LogP contribution is 2.30. The molecule has 0 aliphatic carbocycles. The quantitative estimate of drug-likeness (QED) is 0.730. The Labute approximate surface area is 105 Å². The van der Waals surface area contributed by atoms with Gasteiger partial charge in [-0.3, -0.25) is 0 Å². The van der Waals surface area contributed by atoms with Crippen LogP contribution < -0.4 is 11.1 Å². The molecule has 0 saturated carbocycles. The summed E-state index contributed by atoms with van der Waals surface area (Å²) in [7, 11) is 0. The maximum Gasteiger partial charge on any atom is 0.128 e. The van der Waals surface area contributed by atoms with E-state index in [4.69, 9.17) is 17.3 Å². The fourth-order valence-corrected chi connectivity index (χ4v) is 1.86. The Morgan fingerprint density at radius 2 is 2.35 bits per heavy atom. The molecule has 1 heterocycles. The summed E-state index contributed by atoms with van der Waals surface area (Å²) in [6.07, 6.45) is 4.45. The number of aromatic amines is 1. The van der Waals surface area contributed by atoms with Crippen molar-refractivity contribution in [1.29, 1.82) is 0 Å². The molecule has 1 unspecified atom stereocenters. The summed E-state index contributed by atoms with van der Waals surface area (Å²) in [5.74, 6) is 0.895. The second-order valence-corrected chi connectivity index (χ2v) is 4.19. The number of hydrogen-bond donors (Lipinski definition) is 3. The van der Waals surface area contributed by atoms with Crippen molar-refractivity contribution < 1.29 is 0 Å². The maximum absolute atomic E-state index is 5.98. The molecule has 5 heteroatoms. The molecule has 0 aliphatic heterocycles. The predicted molar refractivity (Wildman–Crippen MR) is 71.1 cm³/mol. The molecule has 0 saturated heterocycles. The molecular weight excluding hydrogens is 236 g/mol. The Bertz CT molecular complexity index is 481. The van der Waals surface area contributed by atoms with Gasteiger partial charge in [0, 0.05) is 12.4 Å². The Morgan fingerprint density at radius 1 is 1.53 bits per heavy atom. The molecule has 2 aromatic rings. The van der Waals surface area contributed by atoms with Crippen LogP contribution in [-0.2, 0) is 0 Å². The molecule has 4 N–H and O–H groups in total. The molecular formula is C12H15ClN4. The summed E-state index contributed by atoms with van der Waals surface area (Å²) in [5.41, 5.74) is 7.32. The van der Waals surface area contributed by atoms with Crippen LogP contribution in [0.25, 0.3) is 0 Å². The Hall–Kier alpha value is -1.68. The van der Waals surface area contributed by atoms with Crippen LogP contribution in [-0.4, -0.2) is 9.97 Å². The first-order chi connectivity index (χ1) is 8.22. The van der Waals surface area contributed by atoms with E-state index >= 15 is 0 Å². The molecule has 90 valence electrons. The monoisotopic (exact) mass is 250 g/mol. The molecule has 0 amide bonds. The van der Waals surface area contributed by atoms with E-state index in [9.17, 15) is 0 Å². The van der Waals surface area contributed by atoms with Gasteiger partial charge in [0.05, 0.1) is 22.4 Å². The lowest BCUT2D eigenvalue weighted by Crippen LogP contribution is -2.12. The summed E-state index contributed by atoms with van der Waals surface area (Å²) in [5, 5.41) is 3.90. The number of benzene rings is 1. The zero-order valence-electron chi connectivity index (χ0n) is 9.57. The van der Waals surface area contributed by atoms with Gasteiger partial charge in [0.15, 0.2) is 0 Å². The third kappa shape index (κ3) is 2.53. The minimum atomic E-state index is 0.103. The Morgan fingerprint density at radius 3 is 3.00 bits per heavy atom. The lowest BCUT2D eigenvalue weighted by Gasteiger charge is -2.17. The zero-order valence-corrected chi connectivity index (χ0v) is 10.3. The predicted octanol–water partition coefficient (Wildman–Crippen LogP) is 3.21. The molecule has 4 nitrogen and oxygen atoms in total. The number of nitrogens with one attached hydrogen (secondary N) is 2. The second kappa shape index (κ2) is 5.10. The van der Waals surface area contributed by atoms with Gasteiger partial charge in [0.25, 0.3) is 0 Å². The molecule has 0 fully saturated rings. The van der Waals surface area contributed by atoms with Crippen LogP contribution in [0.2, 0.25) is 5.02 Å². The van der Waals surface area contributed by atoms with E-state index in [0.29, 0.717) is 10.7 Å². The van der Waals surface area contributed by atoms with E-state index in [2.05, 4.69) is 22.2 Å². The van der Waals surface area contributed by atoms with Crippen LogP contribution in [0.5, 0.6) is 0 Å². The van der Waals surface area contributed by atoms with E-state index in [0.717, 1.165) is 17.9 Å². The average Bonchev–Trinajstić information content (AvgIpc) is 2.85. The van der Waals surface area contributed by atoms with Crippen LogP contribution in [0.4, 0.5) is 11.4 Å². The molecule has 17 heavy (non-hydrogen) atoms. The highest BCUT2D eigenvalue weighted by atomic mass is 35.5. The smallest absolute Gasteiger partial charge is 0.128 e. The molecule has 2 rings (SSSR count). The standard InChI is InChI=1S/C12H15ClN4/c1-2-9(12-15-6-7-16-12)17-10-5-3-4-8(13)11(10)14/h3-7,9,17H,2,14H2,1H3,(H,15,16). The van der Waals surface area contributed by atoms with E-state index in [-0.39, 0.29) is 6.04 Å². The van der Waals surface area contributed by atoms with Crippen molar-refractivity contribution in [3.05, 3.63) is 41.4 Å². The minimum Gasteiger partial charge on any atom is -0.396 e. The first kappa shape index (κ1) is 11.8. The fourth-order valence-electron chi connectivity index (χ4n) is 1.68. The number of hydrogen-bond acceptors (Lipinski definition) is 3. The molecule has 1 aromatic carbocycles. The lowest BCUT2D eigenvalue weighted by molar-refractivity contribution is 0.704. The largest absolute Gasteiger partial charge is 0.396 e. The van der Waals surface area contributed by atoms with E-state index < -0.39 is 0 Å². The molecule has 1 atom stereocenters. The second-order valence-electron chi connectivity index (χ2n) is 3.78. The van der Waals surface area contributed by atoms with Gasteiger partial charge in [-0.1, -0.05) is 24.6 Å². The van der Waals surface area contributed by atoms with Gasteiger partial charge in [0.1, 0.15) is 5.82 Å². The Balaban J connectivity index is 2.22. The van der Waals surface area contributed by atoms with Gasteiger partial charge in [0.2, 0.25) is 0 Å². The topological polar surface area (TPSA) is 66.7 Å². The fraction of sp³-hybridized carbons (Fsp3) is 0.250. The van der Waals surface area contributed by atoms with Crippen LogP contribution in [0.3, 0.4) is 0 Å². The molecule has 0 radical (unpaired) electrons. The van der Waals surface area contributed by atoms with Crippen molar-refractivity contribution >= 4 is 23.0 Å². The van der Waals surface area contributed by atoms with E-state index in [1.165, 1.54) is 0 Å². The number of imidazole rings is 1. The van der Waals surface area contributed by atoms with Crippen molar-refractivity contribution in [3.8, 4) is 0 Å².